The standard InChI is InChI=1S/C9H9ClF3NO/c10-6-1-2-7(5(3-6)4-15)8(14)9(11,12)13/h1-3,8,15H,4,14H2/t8-/m1/s1. The lowest BCUT2D eigenvalue weighted by Gasteiger charge is -2.18. The highest BCUT2D eigenvalue weighted by Crippen LogP contribution is 2.33. The first kappa shape index (κ1) is 12.3. The van der Waals surface area contributed by atoms with Crippen molar-refractivity contribution in [1.82, 2.24) is 0 Å². The number of halogens is 4. The van der Waals surface area contributed by atoms with Gasteiger partial charge in [0, 0.05) is 5.02 Å². The maximum atomic E-state index is 12.3. The second kappa shape index (κ2) is 4.38. The Kier molecular flexibility index (Phi) is 3.59. The number of benzene rings is 1. The van der Waals surface area contributed by atoms with Crippen molar-refractivity contribution < 1.29 is 18.3 Å². The molecule has 0 saturated carbocycles. The quantitative estimate of drug-likeness (QED) is 0.833. The Bertz CT molecular complexity index is 354. The monoisotopic (exact) mass is 239 g/mol. The molecule has 0 unspecified atom stereocenters. The summed E-state index contributed by atoms with van der Waals surface area (Å²) in [5.41, 5.74) is 4.95. The average molecular weight is 240 g/mol. The van der Waals surface area contributed by atoms with Crippen LogP contribution in [0.3, 0.4) is 0 Å². The van der Waals surface area contributed by atoms with E-state index in [0.717, 1.165) is 0 Å². The summed E-state index contributed by atoms with van der Waals surface area (Å²) in [6, 6.07) is 1.65. The molecule has 0 fully saturated rings. The Morgan fingerprint density at radius 1 is 1.40 bits per heavy atom. The van der Waals surface area contributed by atoms with Crippen LogP contribution in [0.5, 0.6) is 0 Å². The number of hydrogen-bond donors (Lipinski definition) is 2. The van der Waals surface area contributed by atoms with E-state index >= 15 is 0 Å². The Balaban J connectivity index is 3.14. The van der Waals surface area contributed by atoms with Crippen molar-refractivity contribution in [3.8, 4) is 0 Å². The van der Waals surface area contributed by atoms with Gasteiger partial charge in [0.2, 0.25) is 0 Å². The molecule has 84 valence electrons. The predicted molar refractivity (Wildman–Crippen MR) is 50.4 cm³/mol. The van der Waals surface area contributed by atoms with Crippen LogP contribution in [-0.2, 0) is 6.61 Å². The van der Waals surface area contributed by atoms with Crippen molar-refractivity contribution >= 4 is 11.6 Å². The average Bonchev–Trinajstić information content (AvgIpc) is 2.15. The van der Waals surface area contributed by atoms with Gasteiger partial charge in [0.05, 0.1) is 6.61 Å². The van der Waals surface area contributed by atoms with E-state index in [1.807, 2.05) is 0 Å². The van der Waals surface area contributed by atoms with Crippen molar-refractivity contribution in [2.24, 2.45) is 5.73 Å². The van der Waals surface area contributed by atoms with E-state index in [4.69, 9.17) is 22.4 Å². The normalized spacial score (nSPS) is 14.0. The smallest absolute Gasteiger partial charge is 0.392 e. The molecule has 3 N–H and O–H groups in total. The van der Waals surface area contributed by atoms with Crippen molar-refractivity contribution in [3.05, 3.63) is 34.3 Å². The predicted octanol–water partition coefficient (Wildman–Crippen LogP) is 2.39. The fourth-order valence-corrected chi connectivity index (χ4v) is 1.39. The summed E-state index contributed by atoms with van der Waals surface area (Å²) < 4.78 is 36.9. The number of rotatable bonds is 2. The molecule has 1 atom stereocenters. The molecular formula is C9H9ClF3NO. The van der Waals surface area contributed by atoms with E-state index in [2.05, 4.69) is 0 Å². The first-order valence-corrected chi connectivity index (χ1v) is 4.45. The zero-order valence-corrected chi connectivity index (χ0v) is 8.31. The van der Waals surface area contributed by atoms with E-state index in [-0.39, 0.29) is 16.1 Å². The fourth-order valence-electron chi connectivity index (χ4n) is 1.19. The first-order valence-electron chi connectivity index (χ1n) is 4.07. The Labute approximate surface area is 89.5 Å². The summed E-state index contributed by atoms with van der Waals surface area (Å²) in [4.78, 5) is 0. The molecular weight excluding hydrogens is 231 g/mol. The topological polar surface area (TPSA) is 46.2 Å². The molecule has 0 heterocycles. The van der Waals surface area contributed by atoms with E-state index in [0.29, 0.717) is 0 Å². The van der Waals surface area contributed by atoms with E-state index < -0.39 is 18.8 Å². The highest BCUT2D eigenvalue weighted by molar-refractivity contribution is 6.30. The maximum absolute atomic E-state index is 12.3. The van der Waals surface area contributed by atoms with Crippen molar-refractivity contribution in [1.29, 1.82) is 0 Å². The molecule has 1 aromatic rings. The third kappa shape index (κ3) is 2.84. The van der Waals surface area contributed by atoms with Gasteiger partial charge < -0.3 is 10.8 Å². The van der Waals surface area contributed by atoms with Crippen LogP contribution >= 0.6 is 11.6 Å². The van der Waals surface area contributed by atoms with Gasteiger partial charge in [-0.3, -0.25) is 0 Å². The molecule has 0 radical (unpaired) electrons. The van der Waals surface area contributed by atoms with Gasteiger partial charge in [-0.25, -0.2) is 0 Å². The summed E-state index contributed by atoms with van der Waals surface area (Å²) in [6.45, 7) is -0.528. The lowest BCUT2D eigenvalue weighted by molar-refractivity contribution is -0.149. The minimum atomic E-state index is -4.53. The minimum absolute atomic E-state index is 0.0901. The number of alkyl halides is 3. The second-order valence-electron chi connectivity index (χ2n) is 3.02. The second-order valence-corrected chi connectivity index (χ2v) is 3.46. The summed E-state index contributed by atoms with van der Waals surface area (Å²) >= 11 is 5.58. The van der Waals surface area contributed by atoms with Crippen LogP contribution in [0.2, 0.25) is 5.02 Å². The molecule has 2 nitrogen and oxygen atoms in total. The molecule has 0 amide bonds. The summed E-state index contributed by atoms with van der Waals surface area (Å²) in [7, 11) is 0. The van der Waals surface area contributed by atoms with Gasteiger partial charge >= 0.3 is 6.18 Å². The molecule has 0 saturated heterocycles. The number of nitrogens with two attached hydrogens (primary N) is 1. The van der Waals surface area contributed by atoms with Gasteiger partial charge in [-0.05, 0) is 23.3 Å². The van der Waals surface area contributed by atoms with Crippen molar-refractivity contribution in [2.75, 3.05) is 0 Å². The largest absolute Gasteiger partial charge is 0.407 e. The van der Waals surface area contributed by atoms with Crippen LogP contribution in [0.15, 0.2) is 18.2 Å². The Hall–Kier alpha value is -0.780. The lowest BCUT2D eigenvalue weighted by atomic mass is 10.0. The van der Waals surface area contributed by atoms with Gasteiger partial charge in [0.25, 0.3) is 0 Å². The van der Waals surface area contributed by atoms with Gasteiger partial charge in [0.1, 0.15) is 6.04 Å². The SMILES string of the molecule is N[C@H](c1ccc(Cl)cc1CO)C(F)(F)F. The highest BCUT2D eigenvalue weighted by Gasteiger charge is 2.38. The van der Waals surface area contributed by atoms with Gasteiger partial charge in [-0.2, -0.15) is 13.2 Å². The third-order valence-electron chi connectivity index (χ3n) is 1.96. The van der Waals surface area contributed by atoms with Gasteiger partial charge in [-0.15, -0.1) is 0 Å². The molecule has 0 spiro atoms. The molecule has 0 aliphatic rings. The van der Waals surface area contributed by atoms with Crippen LogP contribution in [0.25, 0.3) is 0 Å². The number of aliphatic hydroxyl groups excluding tert-OH is 1. The summed E-state index contributed by atoms with van der Waals surface area (Å²) in [5, 5.41) is 9.14. The minimum Gasteiger partial charge on any atom is -0.392 e. The third-order valence-corrected chi connectivity index (χ3v) is 2.20. The zero-order chi connectivity index (χ0) is 11.6. The van der Waals surface area contributed by atoms with Crippen LogP contribution in [0, 0.1) is 0 Å². The number of aliphatic hydroxyl groups is 1. The molecule has 0 aromatic heterocycles. The lowest BCUT2D eigenvalue weighted by Crippen LogP contribution is -2.29. The Morgan fingerprint density at radius 2 is 2.00 bits per heavy atom. The summed E-state index contributed by atoms with van der Waals surface area (Å²) in [5.74, 6) is 0. The summed E-state index contributed by atoms with van der Waals surface area (Å²) in [6.07, 6.45) is -4.53. The highest BCUT2D eigenvalue weighted by atomic mass is 35.5. The molecule has 6 heteroatoms. The van der Waals surface area contributed by atoms with Crippen LogP contribution < -0.4 is 5.73 Å². The molecule has 1 aromatic carbocycles. The van der Waals surface area contributed by atoms with Crippen molar-refractivity contribution in [3.63, 3.8) is 0 Å². The first-order chi connectivity index (χ1) is 6.86. The van der Waals surface area contributed by atoms with Crippen LogP contribution in [0.1, 0.15) is 17.2 Å². The Morgan fingerprint density at radius 3 is 2.47 bits per heavy atom. The maximum Gasteiger partial charge on any atom is 0.407 e. The number of hydrogen-bond acceptors (Lipinski definition) is 2. The van der Waals surface area contributed by atoms with Crippen LogP contribution in [0.4, 0.5) is 13.2 Å². The molecule has 0 aliphatic heterocycles. The van der Waals surface area contributed by atoms with E-state index in [1.165, 1.54) is 18.2 Å². The molecule has 0 bridgehead atoms. The molecule has 1 rings (SSSR count). The van der Waals surface area contributed by atoms with Gasteiger partial charge in [-0.1, -0.05) is 17.7 Å². The van der Waals surface area contributed by atoms with E-state index in [1.54, 1.807) is 0 Å². The molecule has 15 heavy (non-hydrogen) atoms. The molecule has 0 aliphatic carbocycles. The fraction of sp³-hybridized carbons (Fsp3) is 0.333. The van der Waals surface area contributed by atoms with E-state index in [9.17, 15) is 13.2 Å². The van der Waals surface area contributed by atoms with Gasteiger partial charge in [0.15, 0.2) is 0 Å². The zero-order valence-electron chi connectivity index (χ0n) is 7.55. The van der Waals surface area contributed by atoms with Crippen molar-refractivity contribution in [2.45, 2.75) is 18.8 Å². The van der Waals surface area contributed by atoms with Crippen LogP contribution in [-0.4, -0.2) is 11.3 Å².